The third kappa shape index (κ3) is 3.37. The standard InChI is InChI=1S/C19H22N4O2/c1-5-15-7-6-8-16(11-15)20-19(24)23-9-10-25-12-17(23)18-13(2)21-22(4)14(18)3/h1,6-8,11,17H,9-10,12H2,2-4H3,(H,20,24)/t17-/m1/s1. The van der Waals surface area contributed by atoms with Crippen molar-refractivity contribution in [1.29, 1.82) is 0 Å². The maximum absolute atomic E-state index is 12.9. The highest BCUT2D eigenvalue weighted by atomic mass is 16.5. The van der Waals surface area contributed by atoms with Crippen LogP contribution in [0.5, 0.6) is 0 Å². The van der Waals surface area contributed by atoms with Gasteiger partial charge >= 0.3 is 6.03 Å². The van der Waals surface area contributed by atoms with Gasteiger partial charge in [0.25, 0.3) is 0 Å². The zero-order chi connectivity index (χ0) is 18.0. The second kappa shape index (κ2) is 6.99. The fourth-order valence-corrected chi connectivity index (χ4v) is 3.24. The number of terminal acetylenes is 1. The molecular weight excluding hydrogens is 316 g/mol. The maximum atomic E-state index is 12.9. The van der Waals surface area contributed by atoms with E-state index in [-0.39, 0.29) is 12.1 Å². The first-order chi connectivity index (χ1) is 12.0. The fraction of sp³-hybridized carbons (Fsp3) is 0.368. The van der Waals surface area contributed by atoms with Gasteiger partial charge in [-0.2, -0.15) is 5.10 Å². The second-order valence-electron chi connectivity index (χ2n) is 6.15. The van der Waals surface area contributed by atoms with E-state index < -0.39 is 0 Å². The van der Waals surface area contributed by atoms with Crippen LogP contribution in [0.2, 0.25) is 0 Å². The molecule has 6 heteroatoms. The molecule has 0 bridgehead atoms. The van der Waals surface area contributed by atoms with Gasteiger partial charge in [0.15, 0.2) is 0 Å². The number of morpholine rings is 1. The highest BCUT2D eigenvalue weighted by Gasteiger charge is 2.32. The van der Waals surface area contributed by atoms with Crippen LogP contribution in [-0.4, -0.2) is 40.5 Å². The number of ether oxygens (including phenoxy) is 1. The van der Waals surface area contributed by atoms with Crippen molar-refractivity contribution in [3.8, 4) is 12.3 Å². The lowest BCUT2D eigenvalue weighted by Gasteiger charge is -2.36. The number of carbonyl (C=O) groups excluding carboxylic acids is 1. The molecule has 1 fully saturated rings. The van der Waals surface area contributed by atoms with E-state index in [0.29, 0.717) is 25.4 Å². The van der Waals surface area contributed by atoms with E-state index in [1.165, 1.54) is 0 Å². The summed E-state index contributed by atoms with van der Waals surface area (Å²) in [5, 5.41) is 7.41. The molecule has 2 amide bonds. The van der Waals surface area contributed by atoms with Crippen LogP contribution in [0.15, 0.2) is 24.3 Å². The van der Waals surface area contributed by atoms with E-state index in [4.69, 9.17) is 11.2 Å². The number of aromatic nitrogens is 2. The van der Waals surface area contributed by atoms with Crippen LogP contribution in [0.4, 0.5) is 10.5 Å². The number of carbonyl (C=O) groups is 1. The van der Waals surface area contributed by atoms with Crippen LogP contribution < -0.4 is 5.32 Å². The lowest BCUT2D eigenvalue weighted by Crippen LogP contribution is -2.45. The van der Waals surface area contributed by atoms with Gasteiger partial charge in [-0.25, -0.2) is 4.79 Å². The van der Waals surface area contributed by atoms with Gasteiger partial charge in [-0.05, 0) is 32.0 Å². The summed E-state index contributed by atoms with van der Waals surface area (Å²) in [4.78, 5) is 14.7. The van der Waals surface area contributed by atoms with Gasteiger partial charge in [0.2, 0.25) is 0 Å². The first-order valence-corrected chi connectivity index (χ1v) is 8.23. The number of benzene rings is 1. The summed E-state index contributed by atoms with van der Waals surface area (Å²) < 4.78 is 7.48. The van der Waals surface area contributed by atoms with Crippen LogP contribution in [0.25, 0.3) is 0 Å². The number of nitrogens with zero attached hydrogens (tertiary/aromatic N) is 3. The number of amides is 2. The molecule has 1 aliphatic heterocycles. The number of aryl methyl sites for hydroxylation is 2. The number of rotatable bonds is 2. The number of anilines is 1. The molecule has 1 atom stereocenters. The zero-order valence-electron chi connectivity index (χ0n) is 14.7. The highest BCUT2D eigenvalue weighted by Crippen LogP contribution is 2.29. The van der Waals surface area contributed by atoms with E-state index in [9.17, 15) is 4.79 Å². The average molecular weight is 338 g/mol. The predicted octanol–water partition coefficient (Wildman–Crippen LogP) is 2.62. The summed E-state index contributed by atoms with van der Waals surface area (Å²) in [5.41, 5.74) is 4.43. The minimum Gasteiger partial charge on any atom is -0.377 e. The van der Waals surface area contributed by atoms with Crippen molar-refractivity contribution in [2.24, 2.45) is 7.05 Å². The molecule has 1 aromatic heterocycles. The van der Waals surface area contributed by atoms with Crippen molar-refractivity contribution in [1.82, 2.24) is 14.7 Å². The normalized spacial score (nSPS) is 17.2. The SMILES string of the molecule is C#Cc1cccc(NC(=O)N2CCOC[C@@H]2c2c(C)nn(C)c2C)c1. The van der Waals surface area contributed by atoms with Gasteiger partial charge in [0.1, 0.15) is 0 Å². The fourth-order valence-electron chi connectivity index (χ4n) is 3.24. The minimum atomic E-state index is -0.162. The van der Waals surface area contributed by atoms with Gasteiger partial charge in [0, 0.05) is 36.1 Å². The quantitative estimate of drug-likeness (QED) is 0.857. The Morgan fingerprint density at radius 1 is 1.44 bits per heavy atom. The topological polar surface area (TPSA) is 59.4 Å². The largest absolute Gasteiger partial charge is 0.377 e. The van der Waals surface area contributed by atoms with Crippen LogP contribution >= 0.6 is 0 Å². The van der Waals surface area contributed by atoms with E-state index in [2.05, 4.69) is 16.3 Å². The molecule has 25 heavy (non-hydrogen) atoms. The van der Waals surface area contributed by atoms with Gasteiger partial charge in [-0.15, -0.1) is 6.42 Å². The molecule has 0 saturated carbocycles. The summed E-state index contributed by atoms with van der Waals surface area (Å²) in [5.74, 6) is 2.58. The molecule has 1 N–H and O–H groups in total. The maximum Gasteiger partial charge on any atom is 0.322 e. The Labute approximate surface area is 147 Å². The van der Waals surface area contributed by atoms with Crippen molar-refractivity contribution < 1.29 is 9.53 Å². The van der Waals surface area contributed by atoms with Crippen LogP contribution in [0.3, 0.4) is 0 Å². The Morgan fingerprint density at radius 3 is 2.92 bits per heavy atom. The summed E-state index contributed by atoms with van der Waals surface area (Å²) in [6.45, 7) is 5.48. The predicted molar refractivity (Wildman–Crippen MR) is 96.3 cm³/mol. The van der Waals surface area contributed by atoms with Crippen molar-refractivity contribution >= 4 is 11.7 Å². The van der Waals surface area contributed by atoms with E-state index in [1.54, 1.807) is 6.07 Å². The first kappa shape index (κ1) is 17.1. The van der Waals surface area contributed by atoms with Crippen LogP contribution in [-0.2, 0) is 11.8 Å². The van der Waals surface area contributed by atoms with Crippen LogP contribution in [0.1, 0.15) is 28.6 Å². The van der Waals surface area contributed by atoms with Gasteiger partial charge in [-0.3, -0.25) is 4.68 Å². The molecule has 1 aromatic carbocycles. The molecular formula is C19H22N4O2. The number of nitrogens with one attached hydrogen (secondary N) is 1. The molecule has 6 nitrogen and oxygen atoms in total. The molecule has 1 aliphatic rings. The van der Waals surface area contributed by atoms with E-state index in [1.807, 2.05) is 48.7 Å². The smallest absolute Gasteiger partial charge is 0.322 e. The summed E-state index contributed by atoms with van der Waals surface area (Å²) in [7, 11) is 1.91. The lowest BCUT2D eigenvalue weighted by atomic mass is 10.0. The summed E-state index contributed by atoms with van der Waals surface area (Å²) >= 11 is 0. The third-order valence-corrected chi connectivity index (χ3v) is 4.57. The Hall–Kier alpha value is -2.78. The van der Waals surface area contributed by atoms with Crippen molar-refractivity contribution in [2.75, 3.05) is 25.1 Å². The monoisotopic (exact) mass is 338 g/mol. The molecule has 1 saturated heterocycles. The van der Waals surface area contributed by atoms with Crippen molar-refractivity contribution in [2.45, 2.75) is 19.9 Å². The Bertz CT molecular complexity index is 834. The van der Waals surface area contributed by atoms with Gasteiger partial charge < -0.3 is 15.0 Å². The summed E-state index contributed by atoms with van der Waals surface area (Å²) in [6, 6.07) is 6.96. The summed E-state index contributed by atoms with van der Waals surface area (Å²) in [6.07, 6.45) is 5.43. The number of hydrogen-bond acceptors (Lipinski definition) is 3. The van der Waals surface area contributed by atoms with Gasteiger partial charge in [-0.1, -0.05) is 12.0 Å². The average Bonchev–Trinajstić information content (AvgIpc) is 2.87. The molecule has 130 valence electrons. The minimum absolute atomic E-state index is 0.154. The molecule has 0 aliphatic carbocycles. The number of hydrogen-bond donors (Lipinski definition) is 1. The van der Waals surface area contributed by atoms with E-state index >= 15 is 0 Å². The van der Waals surface area contributed by atoms with Crippen molar-refractivity contribution in [3.63, 3.8) is 0 Å². The Balaban J connectivity index is 1.85. The third-order valence-electron chi connectivity index (χ3n) is 4.57. The lowest BCUT2D eigenvalue weighted by molar-refractivity contribution is 0.0143. The zero-order valence-corrected chi connectivity index (χ0v) is 14.7. The van der Waals surface area contributed by atoms with Gasteiger partial charge in [0.05, 0.1) is 24.9 Å². The van der Waals surface area contributed by atoms with Crippen molar-refractivity contribution in [3.05, 3.63) is 46.8 Å². The Morgan fingerprint density at radius 2 is 2.24 bits per heavy atom. The molecule has 0 radical (unpaired) electrons. The molecule has 2 heterocycles. The Kier molecular flexibility index (Phi) is 4.77. The molecule has 2 aromatic rings. The second-order valence-corrected chi connectivity index (χ2v) is 6.15. The molecule has 0 unspecified atom stereocenters. The molecule has 3 rings (SSSR count). The van der Waals surface area contributed by atoms with E-state index in [0.717, 1.165) is 22.5 Å². The molecule has 0 spiro atoms. The van der Waals surface area contributed by atoms with Crippen LogP contribution in [0, 0.1) is 26.2 Å². The first-order valence-electron chi connectivity index (χ1n) is 8.23. The number of urea groups is 1. The highest BCUT2D eigenvalue weighted by molar-refractivity contribution is 5.90.